The van der Waals surface area contributed by atoms with Gasteiger partial charge in [0.05, 0.1) is 28.5 Å². The van der Waals surface area contributed by atoms with Gasteiger partial charge in [-0.1, -0.05) is 11.6 Å². The summed E-state index contributed by atoms with van der Waals surface area (Å²) < 4.78 is 25.3. The van der Waals surface area contributed by atoms with E-state index in [2.05, 4.69) is 29.3 Å². The van der Waals surface area contributed by atoms with Gasteiger partial charge in [-0.05, 0) is 70.0 Å². The zero-order valence-electron chi connectivity index (χ0n) is 20.1. The summed E-state index contributed by atoms with van der Waals surface area (Å²) in [6.07, 6.45) is 6.59. The van der Waals surface area contributed by atoms with Crippen LogP contribution in [-0.4, -0.2) is 66.4 Å². The number of hydrogen-bond acceptors (Lipinski definition) is 8. The van der Waals surface area contributed by atoms with Crippen molar-refractivity contribution in [3.05, 3.63) is 41.0 Å². The van der Waals surface area contributed by atoms with Crippen molar-refractivity contribution in [2.24, 2.45) is 5.92 Å². The van der Waals surface area contributed by atoms with Crippen molar-refractivity contribution in [1.82, 2.24) is 14.9 Å². The Balaban J connectivity index is 1.76. The van der Waals surface area contributed by atoms with E-state index in [1.165, 1.54) is 12.5 Å². The highest BCUT2D eigenvalue weighted by Gasteiger charge is 2.25. The first-order valence-electron chi connectivity index (χ1n) is 11.6. The number of nitrogens with one attached hydrogen (secondary N) is 1. The van der Waals surface area contributed by atoms with Crippen LogP contribution in [0.4, 0.5) is 5.69 Å². The van der Waals surface area contributed by atoms with Crippen LogP contribution in [0.15, 0.2) is 35.4 Å². The Labute approximate surface area is 210 Å². The molecule has 2 heterocycles. The maximum atomic E-state index is 12.6. The molecule has 3 N–H and O–H groups in total. The molecule has 35 heavy (non-hydrogen) atoms. The fraction of sp³-hybridized carbons (Fsp3) is 0.440. The summed E-state index contributed by atoms with van der Waals surface area (Å²) in [4.78, 5) is 11.4. The Hall–Kier alpha value is -2.46. The van der Waals surface area contributed by atoms with E-state index in [4.69, 9.17) is 16.6 Å². The minimum Gasteiger partial charge on any atom is -0.506 e. The summed E-state index contributed by atoms with van der Waals surface area (Å²) in [6, 6.07) is 6.85. The molecule has 0 saturated heterocycles. The number of nitrogens with zero attached hydrogens (tertiary/aromatic N) is 3. The number of aromatic nitrogens is 2. The molecule has 188 valence electrons. The number of aliphatic hydroxyl groups excluding tert-OH is 1. The first kappa shape index (κ1) is 25.6. The second-order valence-electron chi connectivity index (χ2n) is 9.58. The van der Waals surface area contributed by atoms with Crippen LogP contribution in [0.5, 0.6) is 5.75 Å². The van der Waals surface area contributed by atoms with Gasteiger partial charge in [0.15, 0.2) is 9.84 Å². The normalized spacial score (nSPS) is 18.8. The van der Waals surface area contributed by atoms with E-state index in [-0.39, 0.29) is 33.9 Å². The number of sulfone groups is 1. The number of halogens is 1. The predicted molar refractivity (Wildman–Crippen MR) is 139 cm³/mol. The molecule has 0 spiro atoms. The van der Waals surface area contributed by atoms with Crippen molar-refractivity contribution in [1.29, 1.82) is 0 Å². The molecular formula is C25H31ClN4O4S. The van der Waals surface area contributed by atoms with Crippen molar-refractivity contribution in [2.75, 3.05) is 32.2 Å². The molecule has 2 aromatic heterocycles. The van der Waals surface area contributed by atoms with Gasteiger partial charge in [0.1, 0.15) is 16.2 Å². The summed E-state index contributed by atoms with van der Waals surface area (Å²) >= 11 is 6.16. The summed E-state index contributed by atoms with van der Waals surface area (Å²) in [5.74, 6) is 0.461. The van der Waals surface area contributed by atoms with Gasteiger partial charge in [0.2, 0.25) is 0 Å². The largest absolute Gasteiger partial charge is 0.506 e. The number of hydrogen-bond donors (Lipinski definition) is 3. The van der Waals surface area contributed by atoms with Crippen molar-refractivity contribution >= 4 is 38.2 Å². The number of anilines is 1. The molecule has 1 aromatic carbocycles. The molecule has 0 bridgehead atoms. The van der Waals surface area contributed by atoms with Gasteiger partial charge in [0.25, 0.3) is 0 Å². The van der Waals surface area contributed by atoms with E-state index in [9.17, 15) is 18.6 Å². The third-order valence-electron chi connectivity index (χ3n) is 6.50. The van der Waals surface area contributed by atoms with Crippen LogP contribution in [0.1, 0.15) is 31.2 Å². The first-order valence-corrected chi connectivity index (χ1v) is 13.9. The average molecular weight is 519 g/mol. The second kappa shape index (κ2) is 10.3. The van der Waals surface area contributed by atoms with Crippen molar-refractivity contribution in [3.8, 4) is 17.0 Å². The van der Waals surface area contributed by atoms with Gasteiger partial charge in [0, 0.05) is 36.2 Å². The minimum absolute atomic E-state index is 0.101. The van der Waals surface area contributed by atoms with Crippen LogP contribution in [0.3, 0.4) is 0 Å². The van der Waals surface area contributed by atoms with Gasteiger partial charge in [-0.2, -0.15) is 0 Å². The van der Waals surface area contributed by atoms with Gasteiger partial charge < -0.3 is 20.4 Å². The molecule has 0 unspecified atom stereocenters. The lowest BCUT2D eigenvalue weighted by Gasteiger charge is -2.31. The molecule has 0 aliphatic heterocycles. The Bertz CT molecular complexity index is 1340. The zero-order valence-corrected chi connectivity index (χ0v) is 21.7. The smallest absolute Gasteiger partial charge is 0.179 e. The van der Waals surface area contributed by atoms with Crippen LogP contribution in [0, 0.1) is 5.92 Å². The fourth-order valence-corrected chi connectivity index (χ4v) is 5.77. The molecular weight excluding hydrogens is 488 g/mol. The van der Waals surface area contributed by atoms with E-state index < -0.39 is 9.84 Å². The molecule has 3 aromatic rings. The lowest BCUT2D eigenvalue weighted by atomic mass is 9.85. The second-order valence-corrected chi connectivity index (χ2v) is 12.0. The van der Waals surface area contributed by atoms with E-state index in [1.807, 2.05) is 0 Å². The molecule has 1 fully saturated rings. The zero-order chi connectivity index (χ0) is 25.3. The van der Waals surface area contributed by atoms with Crippen LogP contribution in [-0.2, 0) is 16.4 Å². The lowest BCUT2D eigenvalue weighted by molar-refractivity contribution is 0.255. The van der Waals surface area contributed by atoms with Crippen molar-refractivity contribution in [2.45, 2.75) is 43.2 Å². The van der Waals surface area contributed by atoms with Crippen molar-refractivity contribution in [3.63, 3.8) is 0 Å². The van der Waals surface area contributed by atoms with Gasteiger partial charge in [-0.3, -0.25) is 4.98 Å². The number of aromatic hydroxyl groups is 1. The quantitative estimate of drug-likeness (QED) is 0.428. The molecule has 0 atom stereocenters. The van der Waals surface area contributed by atoms with Gasteiger partial charge >= 0.3 is 0 Å². The molecule has 10 heteroatoms. The summed E-state index contributed by atoms with van der Waals surface area (Å²) in [5.41, 5.74) is 2.89. The third-order valence-corrected chi connectivity index (χ3v) is 7.90. The first-order chi connectivity index (χ1) is 16.6. The SMILES string of the molecule is CN(C)CC1CCC(Nc2c(S(C)(=O)=O)cnc3ccc(-c4cc(Cl)c(O)c(CO)c4)nc23)CC1. The fourth-order valence-electron chi connectivity index (χ4n) is 4.77. The molecule has 1 aliphatic carbocycles. The highest BCUT2D eigenvalue weighted by molar-refractivity contribution is 7.90. The number of rotatable bonds is 7. The van der Waals surface area contributed by atoms with Crippen LogP contribution in [0.2, 0.25) is 5.02 Å². The molecule has 0 amide bonds. The van der Waals surface area contributed by atoms with E-state index in [0.29, 0.717) is 33.9 Å². The molecule has 4 rings (SSSR count). The Morgan fingerprint density at radius 1 is 1.17 bits per heavy atom. The van der Waals surface area contributed by atoms with E-state index >= 15 is 0 Å². The van der Waals surface area contributed by atoms with E-state index in [0.717, 1.165) is 32.2 Å². The molecule has 8 nitrogen and oxygen atoms in total. The number of phenols is 1. The van der Waals surface area contributed by atoms with Crippen molar-refractivity contribution < 1.29 is 18.6 Å². The highest BCUT2D eigenvalue weighted by atomic mass is 35.5. The topological polar surface area (TPSA) is 116 Å². The van der Waals surface area contributed by atoms with E-state index in [1.54, 1.807) is 24.3 Å². The lowest BCUT2D eigenvalue weighted by Crippen LogP contribution is -2.31. The Morgan fingerprint density at radius 3 is 2.51 bits per heavy atom. The minimum atomic E-state index is -3.56. The number of pyridine rings is 2. The monoisotopic (exact) mass is 518 g/mol. The average Bonchev–Trinajstić information content (AvgIpc) is 2.80. The Morgan fingerprint density at radius 2 is 1.89 bits per heavy atom. The Kier molecular flexibility index (Phi) is 7.51. The predicted octanol–water partition coefficient (Wildman–Crippen LogP) is 4.08. The summed E-state index contributed by atoms with van der Waals surface area (Å²) in [7, 11) is 0.605. The number of fused-ring (bicyclic) bond motifs is 1. The van der Waals surface area contributed by atoms with Gasteiger partial charge in [-0.15, -0.1) is 0 Å². The van der Waals surface area contributed by atoms with Crippen LogP contribution >= 0.6 is 11.6 Å². The van der Waals surface area contributed by atoms with Crippen LogP contribution < -0.4 is 5.32 Å². The summed E-state index contributed by atoms with van der Waals surface area (Å²) in [6.45, 7) is 0.672. The number of benzene rings is 1. The maximum Gasteiger partial charge on any atom is 0.179 e. The third kappa shape index (κ3) is 5.69. The van der Waals surface area contributed by atoms with Gasteiger partial charge in [-0.25, -0.2) is 13.4 Å². The van der Waals surface area contributed by atoms with Crippen LogP contribution in [0.25, 0.3) is 22.3 Å². The highest BCUT2D eigenvalue weighted by Crippen LogP contribution is 2.36. The number of aliphatic hydroxyl groups is 1. The standard InChI is InChI=1S/C25H31ClN4O4S/c1-30(2)13-15-4-6-18(7-5-15)28-24-22(35(3,33)34)12-27-21-9-8-20(29-23(21)24)16-10-17(14-31)25(32)19(26)11-16/h8-12,15,18,31-32H,4-7,13-14H2,1-3H3,(H,27,28). The molecule has 0 radical (unpaired) electrons. The maximum absolute atomic E-state index is 12.6. The molecule has 1 saturated carbocycles. The summed E-state index contributed by atoms with van der Waals surface area (Å²) in [5, 5.41) is 23.2. The molecule has 1 aliphatic rings.